The fraction of sp³-hybridized carbons (Fsp3) is 0.632. The van der Waals surface area contributed by atoms with Gasteiger partial charge < -0.3 is 10.6 Å². The van der Waals surface area contributed by atoms with Crippen LogP contribution in [-0.4, -0.2) is 28.0 Å². The van der Waals surface area contributed by atoms with Crippen LogP contribution in [0.15, 0.2) is 24.3 Å². The van der Waals surface area contributed by atoms with Crippen molar-refractivity contribution < 1.29 is 9.00 Å². The highest BCUT2D eigenvalue weighted by Gasteiger charge is 2.57. The van der Waals surface area contributed by atoms with Gasteiger partial charge >= 0.3 is 0 Å². The number of carbonyl (C=O) groups is 1. The molecule has 1 aliphatic heterocycles. The van der Waals surface area contributed by atoms with E-state index in [4.69, 9.17) is 0 Å². The van der Waals surface area contributed by atoms with Gasteiger partial charge in [0.2, 0.25) is 5.91 Å². The largest absolute Gasteiger partial charge is 0.326 e. The highest BCUT2D eigenvalue weighted by Crippen LogP contribution is 2.58. The normalized spacial score (nSPS) is 23.7. The molecule has 0 aromatic heterocycles. The molecule has 1 heterocycles. The molecule has 2 fully saturated rings. The highest BCUT2D eigenvalue weighted by molar-refractivity contribution is 7.85. The number of hydrogen-bond acceptors (Lipinski definition) is 3. The summed E-state index contributed by atoms with van der Waals surface area (Å²) >= 11 is 0. The molecule has 1 amide bonds. The first-order valence-corrected chi connectivity index (χ1v) is 10.1. The maximum absolute atomic E-state index is 12.5. The van der Waals surface area contributed by atoms with E-state index in [1.54, 1.807) is 0 Å². The molecule has 2 unspecified atom stereocenters. The standard InChI is InChI=1S/C19H28N2O2S/c1-18(2,3)24(23)13-14-5-4-6-15(11-14)21-17(22)16-12-19(16)7-9-20-10-8-19/h4-6,11,16,20H,7-10,12-13H2,1-3H3,(H,21,22). The van der Waals surface area contributed by atoms with Gasteiger partial charge in [0.1, 0.15) is 0 Å². The Kier molecular flexibility index (Phi) is 4.85. The van der Waals surface area contributed by atoms with Crippen molar-refractivity contribution >= 4 is 22.4 Å². The minimum absolute atomic E-state index is 0.144. The van der Waals surface area contributed by atoms with Crippen LogP contribution >= 0.6 is 0 Å². The third-order valence-electron chi connectivity index (χ3n) is 5.28. The van der Waals surface area contributed by atoms with Gasteiger partial charge in [0, 0.05) is 32.9 Å². The fourth-order valence-electron chi connectivity index (χ4n) is 3.53. The lowest BCUT2D eigenvalue weighted by Gasteiger charge is -2.23. The van der Waals surface area contributed by atoms with E-state index >= 15 is 0 Å². The van der Waals surface area contributed by atoms with Gasteiger partial charge in [-0.1, -0.05) is 12.1 Å². The molecule has 0 radical (unpaired) electrons. The molecular weight excluding hydrogens is 320 g/mol. The van der Waals surface area contributed by atoms with Crippen LogP contribution in [0, 0.1) is 11.3 Å². The monoisotopic (exact) mass is 348 g/mol. The maximum atomic E-state index is 12.5. The molecule has 132 valence electrons. The summed E-state index contributed by atoms with van der Waals surface area (Å²) in [6, 6.07) is 7.78. The smallest absolute Gasteiger partial charge is 0.228 e. The fourth-order valence-corrected chi connectivity index (χ4v) is 4.45. The van der Waals surface area contributed by atoms with E-state index in [-0.39, 0.29) is 22.0 Å². The number of benzene rings is 1. The van der Waals surface area contributed by atoms with Crippen molar-refractivity contribution in [2.75, 3.05) is 18.4 Å². The van der Waals surface area contributed by atoms with Crippen molar-refractivity contribution in [3.8, 4) is 0 Å². The van der Waals surface area contributed by atoms with Gasteiger partial charge in [0.15, 0.2) is 0 Å². The van der Waals surface area contributed by atoms with E-state index in [1.807, 2.05) is 45.0 Å². The zero-order chi connectivity index (χ0) is 17.4. The Morgan fingerprint density at radius 2 is 2.04 bits per heavy atom. The van der Waals surface area contributed by atoms with Crippen LogP contribution in [0.5, 0.6) is 0 Å². The summed E-state index contributed by atoms with van der Waals surface area (Å²) < 4.78 is 12.1. The third kappa shape index (κ3) is 3.89. The third-order valence-corrected chi connectivity index (χ3v) is 7.24. The van der Waals surface area contributed by atoms with E-state index < -0.39 is 10.8 Å². The molecule has 1 aromatic carbocycles. The molecule has 3 rings (SSSR count). The second-order valence-electron chi connectivity index (χ2n) is 8.16. The molecule has 1 saturated heterocycles. The predicted molar refractivity (Wildman–Crippen MR) is 99.3 cm³/mol. The summed E-state index contributed by atoms with van der Waals surface area (Å²) in [5.41, 5.74) is 2.08. The first-order valence-electron chi connectivity index (χ1n) is 8.79. The summed E-state index contributed by atoms with van der Waals surface area (Å²) in [6.45, 7) is 8.01. The van der Waals surface area contributed by atoms with Crippen LogP contribution < -0.4 is 10.6 Å². The van der Waals surface area contributed by atoms with E-state index in [0.29, 0.717) is 5.75 Å². The van der Waals surface area contributed by atoms with Crippen molar-refractivity contribution in [1.82, 2.24) is 5.32 Å². The summed E-state index contributed by atoms with van der Waals surface area (Å²) in [4.78, 5) is 12.5. The van der Waals surface area contributed by atoms with E-state index in [2.05, 4.69) is 10.6 Å². The molecule has 1 saturated carbocycles. The lowest BCUT2D eigenvalue weighted by atomic mass is 9.92. The summed E-state index contributed by atoms with van der Waals surface area (Å²) in [5, 5.41) is 6.44. The van der Waals surface area contributed by atoms with Crippen molar-refractivity contribution in [1.29, 1.82) is 0 Å². The Morgan fingerprint density at radius 1 is 1.33 bits per heavy atom. The topological polar surface area (TPSA) is 58.2 Å². The van der Waals surface area contributed by atoms with Crippen LogP contribution in [0.1, 0.15) is 45.6 Å². The quantitative estimate of drug-likeness (QED) is 0.879. The predicted octanol–water partition coefficient (Wildman–Crippen LogP) is 3.06. The highest BCUT2D eigenvalue weighted by atomic mass is 32.2. The second kappa shape index (κ2) is 6.60. The molecule has 2 aliphatic rings. The number of hydrogen-bond donors (Lipinski definition) is 2. The van der Waals surface area contributed by atoms with Gasteiger partial charge in [0.25, 0.3) is 0 Å². The minimum Gasteiger partial charge on any atom is -0.326 e. The molecule has 1 aromatic rings. The molecule has 24 heavy (non-hydrogen) atoms. The lowest BCUT2D eigenvalue weighted by Crippen LogP contribution is -2.31. The van der Waals surface area contributed by atoms with Gasteiger partial charge in [-0.05, 0) is 76.2 Å². The van der Waals surface area contributed by atoms with Gasteiger partial charge in [0.05, 0.1) is 0 Å². The molecule has 1 spiro atoms. The summed E-state index contributed by atoms with van der Waals surface area (Å²) in [7, 11) is -0.934. The zero-order valence-electron chi connectivity index (χ0n) is 14.9. The first kappa shape index (κ1) is 17.6. The van der Waals surface area contributed by atoms with Crippen LogP contribution in [0.4, 0.5) is 5.69 Å². The molecule has 1 aliphatic carbocycles. The van der Waals surface area contributed by atoms with Crippen LogP contribution in [0.2, 0.25) is 0 Å². The van der Waals surface area contributed by atoms with E-state index in [0.717, 1.165) is 43.6 Å². The number of anilines is 1. The number of amides is 1. The number of piperidine rings is 1. The number of rotatable bonds is 4. The molecule has 5 heteroatoms. The van der Waals surface area contributed by atoms with Gasteiger partial charge in [-0.2, -0.15) is 0 Å². The number of nitrogens with one attached hydrogen (secondary N) is 2. The van der Waals surface area contributed by atoms with Crippen molar-refractivity contribution in [2.45, 2.75) is 50.5 Å². The van der Waals surface area contributed by atoms with Crippen molar-refractivity contribution in [3.05, 3.63) is 29.8 Å². The summed E-state index contributed by atoms with van der Waals surface area (Å²) in [6.07, 6.45) is 3.24. The molecule has 2 N–H and O–H groups in total. The number of carbonyl (C=O) groups excluding carboxylic acids is 1. The second-order valence-corrected chi connectivity index (χ2v) is 10.4. The minimum atomic E-state index is -0.934. The molecule has 0 bridgehead atoms. The van der Waals surface area contributed by atoms with Gasteiger partial charge in [-0.15, -0.1) is 0 Å². The molecule has 2 atom stereocenters. The average molecular weight is 349 g/mol. The van der Waals surface area contributed by atoms with E-state index in [1.165, 1.54) is 0 Å². The zero-order valence-corrected chi connectivity index (χ0v) is 15.7. The van der Waals surface area contributed by atoms with Crippen LogP contribution in [0.3, 0.4) is 0 Å². The van der Waals surface area contributed by atoms with Crippen molar-refractivity contribution in [3.63, 3.8) is 0 Å². The Bertz CT molecular complexity index is 645. The molecule has 4 nitrogen and oxygen atoms in total. The first-order chi connectivity index (χ1) is 11.3. The molecular formula is C19H28N2O2S. The maximum Gasteiger partial charge on any atom is 0.228 e. The SMILES string of the molecule is CC(C)(C)S(=O)Cc1cccc(NC(=O)C2CC23CCNCC3)c1. The van der Waals surface area contributed by atoms with Gasteiger partial charge in [-0.3, -0.25) is 9.00 Å². The Hall–Kier alpha value is -1.20. The van der Waals surface area contributed by atoms with E-state index in [9.17, 15) is 9.00 Å². The van der Waals surface area contributed by atoms with Gasteiger partial charge in [-0.25, -0.2) is 0 Å². The Balaban J connectivity index is 1.61. The average Bonchev–Trinajstić information content (AvgIpc) is 3.21. The Labute approximate surface area is 147 Å². The lowest BCUT2D eigenvalue weighted by molar-refractivity contribution is -0.118. The van der Waals surface area contributed by atoms with Crippen LogP contribution in [0.25, 0.3) is 0 Å². The van der Waals surface area contributed by atoms with Crippen LogP contribution in [-0.2, 0) is 21.3 Å². The van der Waals surface area contributed by atoms with Crippen molar-refractivity contribution in [2.24, 2.45) is 11.3 Å². The Morgan fingerprint density at radius 3 is 2.71 bits per heavy atom. The summed E-state index contributed by atoms with van der Waals surface area (Å²) in [5.74, 6) is 0.824.